The highest BCUT2D eigenvalue weighted by atomic mass is 16.5. The van der Waals surface area contributed by atoms with Crippen LogP contribution >= 0.6 is 0 Å². The third kappa shape index (κ3) is 16.9. The first-order valence-corrected chi connectivity index (χ1v) is 8.15. The number of ether oxygens (including phenoxy) is 1. The predicted molar refractivity (Wildman–Crippen MR) is 91.4 cm³/mol. The maximum absolute atomic E-state index is 10.9. The fraction of sp³-hybridized carbons (Fsp3) is 0.737. The van der Waals surface area contributed by atoms with Gasteiger partial charge in [-0.05, 0) is 32.1 Å². The van der Waals surface area contributed by atoms with Crippen molar-refractivity contribution in [3.63, 3.8) is 0 Å². The number of esters is 1. The number of hydrogen-bond acceptors (Lipinski definition) is 2. The lowest BCUT2D eigenvalue weighted by atomic mass is 10.1. The van der Waals surface area contributed by atoms with Gasteiger partial charge in [0.1, 0.15) is 0 Å². The zero-order valence-electron chi connectivity index (χ0n) is 17.7. The summed E-state index contributed by atoms with van der Waals surface area (Å²) in [5.41, 5.74) is 0. The molecular weight excluding hydrogens is 260 g/mol. The zero-order chi connectivity index (χ0) is 19.2. The van der Waals surface area contributed by atoms with Crippen molar-refractivity contribution in [1.82, 2.24) is 0 Å². The Morgan fingerprint density at radius 3 is 2.24 bits per heavy atom. The van der Waals surface area contributed by atoms with Crippen molar-refractivity contribution in [1.29, 1.82) is 0 Å². The first-order valence-electron chi connectivity index (χ1n) is 10.2. The summed E-state index contributed by atoms with van der Waals surface area (Å²) in [6.07, 6.45) is 12.2. The van der Waals surface area contributed by atoms with Crippen LogP contribution in [0, 0.1) is 0 Å². The molecule has 0 aliphatic rings. The van der Waals surface area contributed by atoms with Gasteiger partial charge in [0.05, 0.1) is 7.11 Å². The van der Waals surface area contributed by atoms with Crippen LogP contribution < -0.4 is 0 Å². The number of methoxy groups -OCH3 is 1. The minimum Gasteiger partial charge on any atom is -0.469 e. The van der Waals surface area contributed by atoms with Gasteiger partial charge in [0.25, 0.3) is 0 Å². The van der Waals surface area contributed by atoms with E-state index in [4.69, 9.17) is 5.48 Å². The molecule has 0 fully saturated rings. The zero-order valence-corrected chi connectivity index (χ0v) is 13.7. The van der Waals surface area contributed by atoms with E-state index in [0.717, 1.165) is 32.1 Å². The third-order valence-electron chi connectivity index (χ3n) is 3.13. The van der Waals surface area contributed by atoms with Crippen LogP contribution in [-0.2, 0) is 9.53 Å². The molecule has 0 spiro atoms. The quantitative estimate of drug-likeness (QED) is 0.224. The number of unbranched alkanes of at least 4 members (excludes halogenated alkanes) is 6. The Kier molecular flexibility index (Phi) is 11.0. The highest BCUT2D eigenvalue weighted by Crippen LogP contribution is 2.09. The van der Waals surface area contributed by atoms with Gasteiger partial charge in [0.15, 0.2) is 0 Å². The summed E-state index contributed by atoms with van der Waals surface area (Å²) in [7, 11) is 1.42. The van der Waals surface area contributed by atoms with Gasteiger partial charge >= 0.3 is 5.97 Å². The van der Waals surface area contributed by atoms with Crippen molar-refractivity contribution in [2.45, 2.75) is 83.9 Å². The maximum atomic E-state index is 10.9. The highest BCUT2D eigenvalue weighted by Gasteiger charge is 1.98. The molecule has 0 unspecified atom stereocenters. The topological polar surface area (TPSA) is 26.3 Å². The fourth-order valence-electron chi connectivity index (χ4n) is 1.92. The van der Waals surface area contributed by atoms with Crippen LogP contribution in [0.4, 0.5) is 0 Å². The summed E-state index contributed by atoms with van der Waals surface area (Å²) in [5.74, 6) is -0.128. The molecule has 21 heavy (non-hydrogen) atoms. The van der Waals surface area contributed by atoms with E-state index in [1.807, 2.05) is 6.08 Å². The number of hydrogen-bond donors (Lipinski definition) is 0. The summed E-state index contributed by atoms with van der Waals surface area (Å²) < 4.78 is 35.5. The lowest BCUT2D eigenvalue weighted by Crippen LogP contribution is -1.99. The molecule has 0 saturated carbocycles. The predicted octanol–water partition coefficient (Wildman–Crippen LogP) is 5.97. The van der Waals surface area contributed by atoms with Gasteiger partial charge in [0.2, 0.25) is 0 Å². The van der Waals surface area contributed by atoms with E-state index in [2.05, 4.69) is 10.8 Å². The largest absolute Gasteiger partial charge is 0.469 e. The van der Waals surface area contributed by atoms with E-state index >= 15 is 0 Å². The van der Waals surface area contributed by atoms with Crippen molar-refractivity contribution in [3.05, 3.63) is 24.3 Å². The Bertz CT molecular complexity index is 418. The van der Waals surface area contributed by atoms with Crippen LogP contribution in [0.5, 0.6) is 0 Å². The van der Waals surface area contributed by atoms with Gasteiger partial charge in [-0.2, -0.15) is 0 Å². The fourth-order valence-corrected chi connectivity index (χ4v) is 1.92. The van der Waals surface area contributed by atoms with E-state index in [1.54, 1.807) is 19.1 Å². The van der Waals surface area contributed by atoms with E-state index < -0.39 is 12.7 Å². The van der Waals surface area contributed by atoms with Crippen molar-refractivity contribution in [2.75, 3.05) is 7.11 Å². The normalized spacial score (nSPS) is 15.7. The molecule has 2 heteroatoms. The van der Waals surface area contributed by atoms with E-state index in [9.17, 15) is 4.79 Å². The second kappa shape index (κ2) is 17.0. The molecule has 0 N–H and O–H groups in total. The van der Waals surface area contributed by atoms with Crippen LogP contribution in [0.1, 0.15) is 89.4 Å². The SMILES string of the molecule is [2H]C([2H])(CC)C([2H])([2H])C/C=C/C=C/CCCCCCCCC(=O)OC. The summed E-state index contributed by atoms with van der Waals surface area (Å²) in [5, 5.41) is 0. The first-order chi connectivity index (χ1) is 11.8. The van der Waals surface area contributed by atoms with Crippen molar-refractivity contribution in [3.8, 4) is 0 Å². The number of carbonyl (C=O) groups excluding carboxylic acids is 1. The van der Waals surface area contributed by atoms with Gasteiger partial charge in [-0.1, -0.05) is 69.7 Å². The van der Waals surface area contributed by atoms with Gasteiger partial charge in [-0.25, -0.2) is 0 Å². The first kappa shape index (κ1) is 13.6. The molecule has 0 aliphatic heterocycles. The van der Waals surface area contributed by atoms with E-state index in [0.29, 0.717) is 6.42 Å². The molecule has 0 radical (unpaired) electrons. The summed E-state index contributed by atoms with van der Waals surface area (Å²) in [6, 6.07) is 0. The third-order valence-corrected chi connectivity index (χ3v) is 3.13. The summed E-state index contributed by atoms with van der Waals surface area (Å²) >= 11 is 0. The Morgan fingerprint density at radius 1 is 0.952 bits per heavy atom. The molecule has 0 aromatic carbocycles. The molecule has 0 saturated heterocycles. The summed E-state index contributed by atoms with van der Waals surface area (Å²) in [4.78, 5) is 10.9. The maximum Gasteiger partial charge on any atom is 0.305 e. The lowest BCUT2D eigenvalue weighted by molar-refractivity contribution is -0.140. The van der Waals surface area contributed by atoms with Crippen LogP contribution in [-0.4, -0.2) is 13.1 Å². The van der Waals surface area contributed by atoms with Gasteiger partial charge < -0.3 is 4.74 Å². The van der Waals surface area contributed by atoms with Gasteiger partial charge in [-0.3, -0.25) is 4.79 Å². The van der Waals surface area contributed by atoms with Crippen molar-refractivity contribution < 1.29 is 15.0 Å². The van der Waals surface area contributed by atoms with Crippen LogP contribution in [0.3, 0.4) is 0 Å². The molecular formula is C19H34O2. The minimum absolute atomic E-state index is 0.0871. The summed E-state index contributed by atoms with van der Waals surface area (Å²) in [6.45, 7) is 1.67. The lowest BCUT2D eigenvalue weighted by Gasteiger charge is -2.00. The molecule has 2 nitrogen and oxygen atoms in total. The molecule has 0 atom stereocenters. The van der Waals surface area contributed by atoms with Crippen molar-refractivity contribution >= 4 is 5.97 Å². The number of carbonyl (C=O) groups is 1. The number of allylic oxidation sites excluding steroid dienone is 4. The van der Waals surface area contributed by atoms with Gasteiger partial charge in [0, 0.05) is 11.9 Å². The van der Waals surface area contributed by atoms with E-state index in [-0.39, 0.29) is 18.8 Å². The molecule has 0 bridgehead atoms. The Labute approximate surface area is 137 Å². The minimum atomic E-state index is -1.83. The Hall–Kier alpha value is -1.05. The van der Waals surface area contributed by atoms with E-state index in [1.165, 1.54) is 20.0 Å². The number of rotatable bonds is 14. The molecule has 0 rings (SSSR count). The second-order valence-corrected chi connectivity index (χ2v) is 5.00. The highest BCUT2D eigenvalue weighted by molar-refractivity contribution is 5.68. The monoisotopic (exact) mass is 298 g/mol. The molecule has 0 amide bonds. The van der Waals surface area contributed by atoms with Crippen LogP contribution in [0.25, 0.3) is 0 Å². The van der Waals surface area contributed by atoms with Crippen LogP contribution in [0.2, 0.25) is 0 Å². The average molecular weight is 299 g/mol. The molecule has 0 aromatic rings. The molecule has 0 aliphatic carbocycles. The second-order valence-electron chi connectivity index (χ2n) is 5.00. The molecule has 0 aromatic heterocycles. The molecule has 0 heterocycles. The Balaban J connectivity index is 3.65. The Morgan fingerprint density at radius 2 is 1.57 bits per heavy atom. The van der Waals surface area contributed by atoms with Crippen molar-refractivity contribution in [2.24, 2.45) is 0 Å². The average Bonchev–Trinajstić information content (AvgIpc) is 2.58. The smallest absolute Gasteiger partial charge is 0.305 e. The van der Waals surface area contributed by atoms with Crippen LogP contribution in [0.15, 0.2) is 24.3 Å². The standard InChI is InChI=1S/C19H34O2/c1-3-4-5-6-7-8-9-10-11-12-13-14-15-16-17-18-19(20)21-2/h7-10H,3-6,11-18H2,1-2H3/b8-7+,10-9+/i4D2,5D2. The molecule has 122 valence electrons. The van der Waals surface area contributed by atoms with Gasteiger partial charge in [-0.15, -0.1) is 0 Å².